The number of carbonyl (C=O) groups is 1. The summed E-state index contributed by atoms with van der Waals surface area (Å²) in [6, 6.07) is 8.46. The highest BCUT2D eigenvalue weighted by molar-refractivity contribution is 5.77. The van der Waals surface area contributed by atoms with Gasteiger partial charge in [0.25, 0.3) is 0 Å². The van der Waals surface area contributed by atoms with E-state index in [1.807, 2.05) is 18.2 Å². The quantitative estimate of drug-likeness (QED) is 0.888. The van der Waals surface area contributed by atoms with Gasteiger partial charge in [-0.15, -0.1) is 0 Å². The molecule has 2 atom stereocenters. The lowest BCUT2D eigenvalue weighted by Crippen LogP contribution is -2.34. The highest BCUT2D eigenvalue weighted by Gasteiger charge is 2.23. The number of nitrogens with one attached hydrogen (secondary N) is 2. The molecule has 0 aliphatic carbocycles. The first kappa shape index (κ1) is 13.4. The summed E-state index contributed by atoms with van der Waals surface area (Å²) in [5.74, 6) is 1.06. The molecule has 0 bridgehead atoms. The van der Waals surface area contributed by atoms with Crippen LogP contribution in [0.25, 0.3) is 0 Å². The Balaban J connectivity index is 1.65. The highest BCUT2D eigenvalue weighted by atomic mass is 16.5. The molecule has 1 aromatic rings. The monoisotopic (exact) mass is 274 g/mol. The Hall–Kier alpha value is -1.55. The maximum absolute atomic E-state index is 12.2. The van der Waals surface area contributed by atoms with Crippen LogP contribution in [0.1, 0.15) is 43.7 Å². The Morgan fingerprint density at radius 1 is 1.30 bits per heavy atom. The van der Waals surface area contributed by atoms with E-state index in [1.165, 1.54) is 6.42 Å². The van der Waals surface area contributed by atoms with Gasteiger partial charge in [0.05, 0.1) is 12.6 Å². The van der Waals surface area contributed by atoms with E-state index in [1.54, 1.807) is 0 Å². The van der Waals surface area contributed by atoms with Crippen molar-refractivity contribution in [1.82, 2.24) is 10.6 Å². The van der Waals surface area contributed by atoms with Crippen LogP contribution < -0.4 is 15.4 Å². The number of rotatable bonds is 3. The number of hydrogen-bond donors (Lipinski definition) is 2. The van der Waals surface area contributed by atoms with Gasteiger partial charge in [0.1, 0.15) is 5.75 Å². The number of hydrogen-bond acceptors (Lipinski definition) is 3. The molecule has 1 aromatic carbocycles. The molecule has 2 aliphatic rings. The SMILES string of the molecule is O=C(CC1CCCN1)NC1CCCOc2ccccc21. The fourth-order valence-electron chi connectivity index (χ4n) is 3.08. The molecule has 2 heterocycles. The standard InChI is InChI=1S/C16H22N2O2/c19-16(11-12-5-3-9-17-12)18-14-7-4-10-20-15-8-2-1-6-13(14)15/h1-2,6,8,12,14,17H,3-5,7,9-11H2,(H,18,19). The summed E-state index contributed by atoms with van der Waals surface area (Å²) in [6.45, 7) is 1.77. The average Bonchev–Trinajstić information content (AvgIpc) is 2.87. The van der Waals surface area contributed by atoms with Crippen LogP contribution in [-0.4, -0.2) is 25.1 Å². The Morgan fingerprint density at radius 3 is 3.05 bits per heavy atom. The van der Waals surface area contributed by atoms with Crippen molar-refractivity contribution >= 4 is 5.91 Å². The van der Waals surface area contributed by atoms with Gasteiger partial charge in [-0.3, -0.25) is 4.79 Å². The molecule has 2 unspecified atom stereocenters. The molecule has 0 aromatic heterocycles. The molecule has 0 spiro atoms. The predicted molar refractivity (Wildman–Crippen MR) is 77.7 cm³/mol. The molecule has 1 saturated heterocycles. The van der Waals surface area contributed by atoms with Gasteiger partial charge in [-0.1, -0.05) is 18.2 Å². The van der Waals surface area contributed by atoms with E-state index in [2.05, 4.69) is 16.7 Å². The summed E-state index contributed by atoms with van der Waals surface area (Å²) >= 11 is 0. The summed E-state index contributed by atoms with van der Waals surface area (Å²) in [7, 11) is 0. The van der Waals surface area contributed by atoms with E-state index in [9.17, 15) is 4.79 Å². The minimum absolute atomic E-state index is 0.0857. The normalized spacial score (nSPS) is 25.4. The van der Waals surface area contributed by atoms with Crippen molar-refractivity contribution in [2.45, 2.75) is 44.2 Å². The molecular formula is C16H22N2O2. The van der Waals surface area contributed by atoms with Gasteiger partial charge in [-0.05, 0) is 38.3 Å². The minimum atomic E-state index is 0.0857. The van der Waals surface area contributed by atoms with Crippen LogP contribution in [-0.2, 0) is 4.79 Å². The second-order valence-electron chi connectivity index (χ2n) is 5.65. The Bertz CT molecular complexity index is 469. The van der Waals surface area contributed by atoms with Crippen molar-refractivity contribution in [2.24, 2.45) is 0 Å². The fourth-order valence-corrected chi connectivity index (χ4v) is 3.08. The van der Waals surface area contributed by atoms with Gasteiger partial charge in [0.2, 0.25) is 5.91 Å². The molecule has 108 valence electrons. The van der Waals surface area contributed by atoms with Crippen LogP contribution >= 0.6 is 0 Å². The summed E-state index contributed by atoms with van der Waals surface area (Å²) in [6.07, 6.45) is 4.79. The van der Waals surface area contributed by atoms with E-state index < -0.39 is 0 Å². The van der Waals surface area contributed by atoms with Crippen molar-refractivity contribution in [1.29, 1.82) is 0 Å². The van der Waals surface area contributed by atoms with Crippen molar-refractivity contribution in [2.75, 3.05) is 13.2 Å². The molecular weight excluding hydrogens is 252 g/mol. The first-order valence-corrected chi connectivity index (χ1v) is 7.57. The molecule has 1 amide bonds. The molecule has 0 radical (unpaired) electrons. The minimum Gasteiger partial charge on any atom is -0.493 e. The number of carbonyl (C=O) groups excluding carboxylic acids is 1. The van der Waals surface area contributed by atoms with Crippen LogP contribution in [0, 0.1) is 0 Å². The number of benzene rings is 1. The highest BCUT2D eigenvalue weighted by Crippen LogP contribution is 2.31. The zero-order valence-corrected chi connectivity index (χ0v) is 11.7. The zero-order chi connectivity index (χ0) is 13.8. The molecule has 4 heteroatoms. The maximum Gasteiger partial charge on any atom is 0.222 e. The third-order valence-corrected chi connectivity index (χ3v) is 4.12. The molecule has 2 aliphatic heterocycles. The lowest BCUT2D eigenvalue weighted by molar-refractivity contribution is -0.122. The lowest BCUT2D eigenvalue weighted by atomic mass is 10.0. The fraction of sp³-hybridized carbons (Fsp3) is 0.562. The number of fused-ring (bicyclic) bond motifs is 1. The van der Waals surface area contributed by atoms with Crippen molar-refractivity contribution in [3.8, 4) is 5.75 Å². The first-order valence-electron chi connectivity index (χ1n) is 7.57. The molecule has 4 nitrogen and oxygen atoms in total. The smallest absolute Gasteiger partial charge is 0.222 e. The van der Waals surface area contributed by atoms with Gasteiger partial charge in [0.15, 0.2) is 0 Å². The molecule has 0 saturated carbocycles. The summed E-state index contributed by atoms with van der Waals surface area (Å²) in [5.41, 5.74) is 1.11. The van der Waals surface area contributed by atoms with Crippen molar-refractivity contribution in [3.05, 3.63) is 29.8 Å². The zero-order valence-electron chi connectivity index (χ0n) is 11.7. The van der Waals surface area contributed by atoms with Crippen LogP contribution in [0.2, 0.25) is 0 Å². The van der Waals surface area contributed by atoms with Crippen molar-refractivity contribution in [3.63, 3.8) is 0 Å². The van der Waals surface area contributed by atoms with E-state index in [0.29, 0.717) is 12.5 Å². The summed E-state index contributed by atoms with van der Waals surface area (Å²) < 4.78 is 5.73. The summed E-state index contributed by atoms with van der Waals surface area (Å²) in [4.78, 5) is 12.2. The van der Waals surface area contributed by atoms with E-state index in [0.717, 1.165) is 43.7 Å². The first-order chi connectivity index (χ1) is 9.83. The van der Waals surface area contributed by atoms with Crippen molar-refractivity contribution < 1.29 is 9.53 Å². The summed E-state index contributed by atoms with van der Waals surface area (Å²) in [5, 5.41) is 6.55. The number of ether oxygens (including phenoxy) is 1. The Labute approximate surface area is 119 Å². The number of amides is 1. The lowest BCUT2D eigenvalue weighted by Gasteiger charge is -2.19. The molecule has 1 fully saturated rings. The Kier molecular flexibility index (Phi) is 4.21. The van der Waals surface area contributed by atoms with Gasteiger partial charge in [-0.2, -0.15) is 0 Å². The topological polar surface area (TPSA) is 50.4 Å². The second kappa shape index (κ2) is 6.27. The third-order valence-electron chi connectivity index (χ3n) is 4.12. The van der Waals surface area contributed by atoms with E-state index in [-0.39, 0.29) is 11.9 Å². The number of para-hydroxylation sites is 1. The average molecular weight is 274 g/mol. The van der Waals surface area contributed by atoms with Crippen LogP contribution in [0.4, 0.5) is 0 Å². The molecule has 2 N–H and O–H groups in total. The predicted octanol–water partition coefficient (Wildman–Crippen LogP) is 2.16. The largest absolute Gasteiger partial charge is 0.493 e. The van der Waals surface area contributed by atoms with Crippen LogP contribution in [0.15, 0.2) is 24.3 Å². The second-order valence-corrected chi connectivity index (χ2v) is 5.65. The van der Waals surface area contributed by atoms with E-state index >= 15 is 0 Å². The van der Waals surface area contributed by atoms with Gasteiger partial charge >= 0.3 is 0 Å². The Morgan fingerprint density at radius 2 is 2.20 bits per heavy atom. The van der Waals surface area contributed by atoms with Gasteiger partial charge in [0, 0.05) is 18.0 Å². The molecule has 20 heavy (non-hydrogen) atoms. The third kappa shape index (κ3) is 3.12. The van der Waals surface area contributed by atoms with Crippen LogP contribution in [0.5, 0.6) is 5.75 Å². The van der Waals surface area contributed by atoms with Crippen LogP contribution in [0.3, 0.4) is 0 Å². The molecule has 3 rings (SSSR count). The maximum atomic E-state index is 12.2. The van der Waals surface area contributed by atoms with E-state index in [4.69, 9.17) is 4.74 Å². The van der Waals surface area contributed by atoms with Gasteiger partial charge in [-0.25, -0.2) is 0 Å². The van der Waals surface area contributed by atoms with Gasteiger partial charge < -0.3 is 15.4 Å².